The van der Waals surface area contributed by atoms with E-state index in [1.165, 1.54) is 16.9 Å². The van der Waals surface area contributed by atoms with Crippen LogP contribution in [0.4, 0.5) is 0 Å². The van der Waals surface area contributed by atoms with Gasteiger partial charge in [0.15, 0.2) is 0 Å². The number of rotatable bonds is 7. The summed E-state index contributed by atoms with van der Waals surface area (Å²) in [5.41, 5.74) is 2.15. The Labute approximate surface area is 120 Å². The third kappa shape index (κ3) is 4.44. The molecule has 0 saturated carbocycles. The van der Waals surface area contributed by atoms with E-state index >= 15 is 0 Å². The smallest absolute Gasteiger partial charge is 0.224 e. The third-order valence-electron chi connectivity index (χ3n) is 3.07. The molecule has 0 radical (unpaired) electrons. The second-order valence-corrected chi connectivity index (χ2v) is 7.64. The molecular weight excluding hydrogens is 278 g/mol. The summed E-state index contributed by atoms with van der Waals surface area (Å²) in [5.74, 6) is 0. The molecule has 0 unspecified atom stereocenters. The Bertz CT molecular complexity index is 542. The first-order chi connectivity index (χ1) is 8.91. The van der Waals surface area contributed by atoms with Crippen LogP contribution in [-0.4, -0.2) is 8.42 Å². The highest BCUT2D eigenvalue weighted by Crippen LogP contribution is 2.33. The van der Waals surface area contributed by atoms with Gasteiger partial charge < -0.3 is 0 Å². The Balaban J connectivity index is 3.08. The Hall–Kier alpha value is -0.650. The van der Waals surface area contributed by atoms with Crippen molar-refractivity contribution >= 4 is 21.4 Å². The lowest BCUT2D eigenvalue weighted by atomic mass is 10.0. The van der Waals surface area contributed by atoms with E-state index < -0.39 is 10.0 Å². The van der Waals surface area contributed by atoms with Crippen molar-refractivity contribution in [2.45, 2.75) is 57.1 Å². The van der Waals surface area contributed by atoms with Crippen LogP contribution in [0.2, 0.25) is 0 Å². The summed E-state index contributed by atoms with van der Waals surface area (Å²) in [5, 5.41) is 5.34. The van der Waals surface area contributed by atoms with Crippen molar-refractivity contribution < 1.29 is 8.42 Å². The molecule has 2 N–H and O–H groups in total. The number of allylic oxidation sites excluding steroid dienone is 2. The van der Waals surface area contributed by atoms with Gasteiger partial charge >= 0.3 is 0 Å². The van der Waals surface area contributed by atoms with E-state index in [9.17, 15) is 8.42 Å². The molecule has 0 fully saturated rings. The van der Waals surface area contributed by atoms with Gasteiger partial charge in [0.25, 0.3) is 0 Å². The van der Waals surface area contributed by atoms with E-state index in [1.807, 2.05) is 19.9 Å². The fourth-order valence-corrected chi connectivity index (χ4v) is 4.60. The van der Waals surface area contributed by atoms with Crippen LogP contribution in [-0.2, 0) is 22.9 Å². The number of sulfonamides is 1. The first kappa shape index (κ1) is 16.4. The zero-order valence-corrected chi connectivity index (χ0v) is 13.5. The number of nitrogens with two attached hydrogens (primary N) is 1. The quantitative estimate of drug-likeness (QED) is 0.618. The van der Waals surface area contributed by atoms with Crippen LogP contribution in [0.25, 0.3) is 0 Å². The maximum absolute atomic E-state index is 11.7. The Morgan fingerprint density at radius 2 is 1.95 bits per heavy atom. The molecule has 1 aromatic heterocycles. The van der Waals surface area contributed by atoms with Crippen molar-refractivity contribution in [1.29, 1.82) is 0 Å². The lowest BCUT2D eigenvalue weighted by molar-refractivity contribution is 0.598. The van der Waals surface area contributed by atoms with Gasteiger partial charge in [-0.1, -0.05) is 25.5 Å². The maximum atomic E-state index is 11.7. The molecule has 0 bridgehead atoms. The van der Waals surface area contributed by atoms with Crippen LogP contribution in [0.3, 0.4) is 0 Å². The Kier molecular flexibility index (Phi) is 6.23. The predicted octanol–water partition coefficient (Wildman–Crippen LogP) is 3.56. The van der Waals surface area contributed by atoms with E-state index in [2.05, 4.69) is 13.0 Å². The van der Waals surface area contributed by atoms with Crippen LogP contribution in [0.5, 0.6) is 0 Å². The molecule has 5 heteroatoms. The molecule has 0 saturated heterocycles. The zero-order chi connectivity index (χ0) is 14.5. The summed E-state index contributed by atoms with van der Waals surface area (Å²) >= 11 is 1.32. The molecule has 0 aliphatic carbocycles. The zero-order valence-electron chi connectivity index (χ0n) is 11.9. The second-order valence-electron chi connectivity index (χ2n) is 4.66. The molecule has 1 heterocycles. The molecule has 0 amide bonds. The summed E-state index contributed by atoms with van der Waals surface area (Å²) in [6, 6.07) is 0. The van der Waals surface area contributed by atoms with Gasteiger partial charge in [0, 0.05) is 4.88 Å². The van der Waals surface area contributed by atoms with Gasteiger partial charge in [-0.3, -0.25) is 0 Å². The first-order valence-electron chi connectivity index (χ1n) is 6.66. The lowest BCUT2D eigenvalue weighted by Gasteiger charge is -2.06. The van der Waals surface area contributed by atoms with Crippen molar-refractivity contribution in [3.63, 3.8) is 0 Å². The molecule has 19 heavy (non-hydrogen) atoms. The molecule has 0 atom stereocenters. The fraction of sp³-hybridized carbons (Fsp3) is 0.571. The minimum absolute atomic E-state index is 0.369. The Morgan fingerprint density at radius 3 is 2.47 bits per heavy atom. The average Bonchev–Trinajstić information content (AvgIpc) is 2.63. The lowest BCUT2D eigenvalue weighted by Crippen LogP contribution is -2.13. The Morgan fingerprint density at radius 1 is 1.26 bits per heavy atom. The fourth-order valence-electron chi connectivity index (χ4n) is 2.22. The highest BCUT2D eigenvalue weighted by Gasteiger charge is 2.21. The molecule has 0 aliphatic heterocycles. The number of hydrogen-bond donors (Lipinski definition) is 1. The summed E-state index contributed by atoms with van der Waals surface area (Å²) in [7, 11) is -3.60. The minimum atomic E-state index is -3.60. The van der Waals surface area contributed by atoms with Crippen LogP contribution in [0, 0.1) is 6.92 Å². The van der Waals surface area contributed by atoms with Crippen molar-refractivity contribution in [3.05, 3.63) is 28.2 Å². The van der Waals surface area contributed by atoms with Crippen molar-refractivity contribution in [3.8, 4) is 0 Å². The van der Waals surface area contributed by atoms with Crippen LogP contribution >= 0.6 is 11.3 Å². The van der Waals surface area contributed by atoms with Crippen molar-refractivity contribution in [2.75, 3.05) is 0 Å². The predicted molar refractivity (Wildman–Crippen MR) is 82.2 cm³/mol. The van der Waals surface area contributed by atoms with Crippen molar-refractivity contribution in [2.24, 2.45) is 5.14 Å². The number of hydrogen-bond acceptors (Lipinski definition) is 3. The molecule has 108 valence electrons. The molecule has 0 spiro atoms. The third-order valence-corrected chi connectivity index (χ3v) is 5.77. The largest absolute Gasteiger partial charge is 0.247 e. The van der Waals surface area contributed by atoms with Gasteiger partial charge in [-0.25, -0.2) is 13.6 Å². The average molecular weight is 301 g/mol. The maximum Gasteiger partial charge on any atom is 0.247 e. The number of unbranched alkanes of at least 4 members (excludes halogenated alkanes) is 1. The monoisotopic (exact) mass is 301 g/mol. The van der Waals surface area contributed by atoms with Gasteiger partial charge in [0.2, 0.25) is 10.0 Å². The minimum Gasteiger partial charge on any atom is -0.224 e. The van der Waals surface area contributed by atoms with Crippen molar-refractivity contribution in [1.82, 2.24) is 0 Å². The first-order valence-corrected chi connectivity index (χ1v) is 9.03. The SMILES string of the molecule is CC=CCCCc1c(S(N)(=O)=O)sc(C)c1CCC. The molecule has 1 rings (SSSR count). The normalized spacial score (nSPS) is 12.4. The van der Waals surface area contributed by atoms with Gasteiger partial charge in [0.1, 0.15) is 4.21 Å². The number of thiophene rings is 1. The highest BCUT2D eigenvalue weighted by atomic mass is 32.2. The number of aryl methyl sites for hydroxylation is 1. The van der Waals surface area contributed by atoms with E-state index in [0.717, 1.165) is 42.5 Å². The molecular formula is C14H23NO2S2. The van der Waals surface area contributed by atoms with E-state index in [4.69, 9.17) is 5.14 Å². The summed E-state index contributed by atoms with van der Waals surface area (Å²) < 4.78 is 23.7. The molecule has 1 aromatic rings. The van der Waals surface area contributed by atoms with Crippen LogP contribution < -0.4 is 5.14 Å². The second kappa shape index (κ2) is 7.22. The van der Waals surface area contributed by atoms with Gasteiger partial charge in [-0.15, -0.1) is 11.3 Å². The van der Waals surface area contributed by atoms with Crippen LogP contribution in [0.15, 0.2) is 16.4 Å². The summed E-state index contributed by atoms with van der Waals surface area (Å²) in [4.78, 5) is 1.09. The topological polar surface area (TPSA) is 60.2 Å². The molecule has 0 aliphatic rings. The van der Waals surface area contributed by atoms with Gasteiger partial charge in [-0.05, 0) is 50.7 Å². The highest BCUT2D eigenvalue weighted by molar-refractivity contribution is 7.91. The summed E-state index contributed by atoms with van der Waals surface area (Å²) in [6.45, 7) is 6.09. The summed E-state index contributed by atoms with van der Waals surface area (Å²) in [6.07, 6.45) is 8.79. The molecule has 0 aromatic carbocycles. The number of primary sulfonamides is 1. The van der Waals surface area contributed by atoms with Gasteiger partial charge in [-0.2, -0.15) is 0 Å². The van der Waals surface area contributed by atoms with Gasteiger partial charge in [0.05, 0.1) is 0 Å². The van der Waals surface area contributed by atoms with Crippen LogP contribution in [0.1, 0.15) is 49.1 Å². The molecule has 3 nitrogen and oxygen atoms in total. The van der Waals surface area contributed by atoms with E-state index in [-0.39, 0.29) is 0 Å². The standard InChI is InChI=1S/C14H23NO2S2/c1-4-6-7-8-10-13-12(9-5-2)11(3)18-14(13)19(15,16)17/h4,6H,5,7-10H2,1-3H3,(H2,15,16,17). The van der Waals surface area contributed by atoms with E-state index in [1.54, 1.807) is 0 Å². The van der Waals surface area contributed by atoms with E-state index in [0.29, 0.717) is 4.21 Å².